The molecule has 1 aliphatic heterocycles. The summed E-state index contributed by atoms with van der Waals surface area (Å²) in [6, 6.07) is 3.64. The average Bonchev–Trinajstić information content (AvgIpc) is 3.41. The van der Waals surface area contributed by atoms with E-state index in [1.165, 1.54) is 6.20 Å². The number of hydrogen-bond acceptors (Lipinski definition) is 5. The molecule has 2 fully saturated rings. The quantitative estimate of drug-likeness (QED) is 0.785. The van der Waals surface area contributed by atoms with Crippen molar-refractivity contribution in [1.29, 1.82) is 0 Å². The Morgan fingerprint density at radius 1 is 1.28 bits per heavy atom. The summed E-state index contributed by atoms with van der Waals surface area (Å²) in [5, 5.41) is 6.36. The first-order valence-corrected chi connectivity index (χ1v) is 9.07. The van der Waals surface area contributed by atoms with E-state index in [0.717, 1.165) is 39.0 Å². The van der Waals surface area contributed by atoms with E-state index >= 15 is 0 Å². The summed E-state index contributed by atoms with van der Waals surface area (Å²) in [5.41, 5.74) is 0. The number of carbonyl (C=O) groups is 2. The molecule has 1 aliphatic carbocycles. The number of rotatable bonds is 6. The van der Waals surface area contributed by atoms with Crippen molar-refractivity contribution in [1.82, 2.24) is 20.1 Å². The molecule has 1 atom stereocenters. The van der Waals surface area contributed by atoms with Gasteiger partial charge in [-0.05, 0) is 31.9 Å². The van der Waals surface area contributed by atoms with Crippen molar-refractivity contribution >= 4 is 29.2 Å². The third-order valence-electron chi connectivity index (χ3n) is 4.62. The number of amides is 2. The molecule has 2 heterocycles. The minimum Gasteiger partial charge on any atom is -0.352 e. The lowest BCUT2D eigenvalue weighted by Gasteiger charge is -2.37. The van der Waals surface area contributed by atoms with Crippen LogP contribution in [0.5, 0.6) is 0 Å². The van der Waals surface area contributed by atoms with E-state index in [0.29, 0.717) is 23.4 Å². The van der Waals surface area contributed by atoms with Gasteiger partial charge < -0.3 is 10.6 Å². The zero-order valence-corrected chi connectivity index (χ0v) is 15.1. The predicted molar refractivity (Wildman–Crippen MR) is 96.5 cm³/mol. The number of nitrogens with zero attached hydrogens (tertiary/aromatic N) is 3. The van der Waals surface area contributed by atoms with Crippen LogP contribution in [-0.4, -0.2) is 71.4 Å². The van der Waals surface area contributed by atoms with E-state index in [9.17, 15) is 9.59 Å². The van der Waals surface area contributed by atoms with Crippen LogP contribution in [0.25, 0.3) is 0 Å². The molecule has 2 amide bonds. The van der Waals surface area contributed by atoms with Crippen LogP contribution in [0.3, 0.4) is 0 Å². The van der Waals surface area contributed by atoms with E-state index in [-0.39, 0.29) is 17.9 Å². The Balaban J connectivity index is 1.40. The van der Waals surface area contributed by atoms with Gasteiger partial charge >= 0.3 is 0 Å². The Kier molecular flexibility index (Phi) is 5.88. The summed E-state index contributed by atoms with van der Waals surface area (Å²) in [7, 11) is 0. The molecular weight excluding hydrogens is 342 g/mol. The summed E-state index contributed by atoms with van der Waals surface area (Å²) in [5.74, 6) is 0.517. The maximum absolute atomic E-state index is 12.1. The summed E-state index contributed by atoms with van der Waals surface area (Å²) in [6.07, 6.45) is 3.71. The van der Waals surface area contributed by atoms with Crippen molar-refractivity contribution in [2.24, 2.45) is 0 Å². The Labute approximate surface area is 152 Å². The Morgan fingerprint density at radius 2 is 2.00 bits per heavy atom. The van der Waals surface area contributed by atoms with Gasteiger partial charge in [-0.25, -0.2) is 4.98 Å². The lowest BCUT2D eigenvalue weighted by molar-refractivity contribution is -0.127. The standard InChI is InChI=1S/C17H24ClN5O2/c1-12(17(25)20-14-3-4-14)23-8-6-22(7-9-23)11-16(24)21-15-5-2-13(18)10-19-15/h2,5,10,12,14H,3-4,6-9,11H2,1H3,(H,20,25)(H,19,21,24)/t12-/m0/s1. The van der Waals surface area contributed by atoms with Crippen molar-refractivity contribution in [2.75, 3.05) is 38.0 Å². The van der Waals surface area contributed by atoms with Gasteiger partial charge in [0.05, 0.1) is 17.6 Å². The summed E-state index contributed by atoms with van der Waals surface area (Å²) >= 11 is 5.78. The second-order valence-corrected chi connectivity index (χ2v) is 7.12. The number of hydrogen-bond donors (Lipinski definition) is 2. The number of pyridine rings is 1. The van der Waals surface area contributed by atoms with Gasteiger partial charge in [-0.15, -0.1) is 0 Å². The molecule has 7 nitrogen and oxygen atoms in total. The van der Waals surface area contributed by atoms with Crippen molar-refractivity contribution in [3.8, 4) is 0 Å². The highest BCUT2D eigenvalue weighted by molar-refractivity contribution is 6.30. The largest absolute Gasteiger partial charge is 0.352 e. The molecule has 1 aromatic heterocycles. The Morgan fingerprint density at radius 3 is 2.60 bits per heavy atom. The van der Waals surface area contributed by atoms with Gasteiger partial charge in [0.15, 0.2) is 0 Å². The van der Waals surface area contributed by atoms with Crippen LogP contribution in [-0.2, 0) is 9.59 Å². The highest BCUT2D eigenvalue weighted by Gasteiger charge is 2.30. The van der Waals surface area contributed by atoms with Crippen molar-refractivity contribution < 1.29 is 9.59 Å². The smallest absolute Gasteiger partial charge is 0.239 e. The van der Waals surface area contributed by atoms with Gasteiger partial charge in [0, 0.05) is 38.4 Å². The van der Waals surface area contributed by atoms with Crippen LogP contribution in [0.1, 0.15) is 19.8 Å². The van der Waals surface area contributed by atoms with Gasteiger partial charge in [0.2, 0.25) is 11.8 Å². The van der Waals surface area contributed by atoms with Crippen molar-refractivity contribution in [2.45, 2.75) is 31.8 Å². The molecule has 0 unspecified atom stereocenters. The van der Waals surface area contributed by atoms with E-state index in [1.54, 1.807) is 12.1 Å². The molecule has 3 rings (SSSR count). The fourth-order valence-electron chi connectivity index (χ4n) is 2.86. The van der Waals surface area contributed by atoms with Crippen molar-refractivity contribution in [3.63, 3.8) is 0 Å². The third kappa shape index (κ3) is 5.39. The molecule has 1 saturated carbocycles. The first kappa shape index (κ1) is 18.1. The second kappa shape index (κ2) is 8.12. The number of anilines is 1. The lowest BCUT2D eigenvalue weighted by atomic mass is 10.2. The van der Waals surface area contributed by atoms with Crippen LogP contribution < -0.4 is 10.6 Å². The number of aromatic nitrogens is 1. The molecule has 136 valence electrons. The Bertz CT molecular complexity index is 612. The molecule has 1 aromatic rings. The van der Waals surface area contributed by atoms with Gasteiger partial charge in [0.1, 0.15) is 5.82 Å². The molecule has 1 saturated heterocycles. The third-order valence-corrected chi connectivity index (χ3v) is 4.84. The number of piperazine rings is 1. The van der Waals surface area contributed by atoms with Gasteiger partial charge in [-0.1, -0.05) is 11.6 Å². The monoisotopic (exact) mass is 365 g/mol. The molecule has 8 heteroatoms. The minimum atomic E-state index is -0.116. The van der Waals surface area contributed by atoms with Crippen LogP contribution >= 0.6 is 11.6 Å². The first-order chi connectivity index (χ1) is 12.0. The van der Waals surface area contributed by atoms with Gasteiger partial charge in [0.25, 0.3) is 0 Å². The summed E-state index contributed by atoms with van der Waals surface area (Å²) < 4.78 is 0. The minimum absolute atomic E-state index is 0.0946. The predicted octanol–water partition coefficient (Wildman–Crippen LogP) is 0.958. The second-order valence-electron chi connectivity index (χ2n) is 6.68. The van der Waals surface area contributed by atoms with Crippen molar-refractivity contribution in [3.05, 3.63) is 23.4 Å². The highest BCUT2D eigenvalue weighted by atomic mass is 35.5. The maximum atomic E-state index is 12.1. The van der Waals surface area contributed by atoms with E-state index in [4.69, 9.17) is 11.6 Å². The lowest BCUT2D eigenvalue weighted by Crippen LogP contribution is -2.55. The Hall–Kier alpha value is -1.70. The normalized spacial score (nSPS) is 20.1. The number of halogens is 1. The van der Waals surface area contributed by atoms with Gasteiger partial charge in [-0.2, -0.15) is 0 Å². The fraction of sp³-hybridized carbons (Fsp3) is 0.588. The molecule has 0 radical (unpaired) electrons. The fourth-order valence-corrected chi connectivity index (χ4v) is 2.97. The first-order valence-electron chi connectivity index (χ1n) is 8.69. The molecule has 0 spiro atoms. The zero-order valence-electron chi connectivity index (χ0n) is 14.4. The molecule has 2 N–H and O–H groups in total. The maximum Gasteiger partial charge on any atom is 0.239 e. The zero-order chi connectivity index (χ0) is 17.8. The number of nitrogens with one attached hydrogen (secondary N) is 2. The molecular formula is C17H24ClN5O2. The SMILES string of the molecule is C[C@@H](C(=O)NC1CC1)N1CCN(CC(=O)Nc2ccc(Cl)cn2)CC1. The van der Waals surface area contributed by atoms with E-state index in [1.807, 2.05) is 6.92 Å². The van der Waals surface area contributed by atoms with E-state index in [2.05, 4.69) is 25.4 Å². The topological polar surface area (TPSA) is 77.6 Å². The van der Waals surface area contributed by atoms with Crippen LogP contribution in [0, 0.1) is 0 Å². The highest BCUT2D eigenvalue weighted by Crippen LogP contribution is 2.19. The molecule has 0 aromatic carbocycles. The molecule has 25 heavy (non-hydrogen) atoms. The summed E-state index contributed by atoms with van der Waals surface area (Å²) in [4.78, 5) is 32.6. The van der Waals surface area contributed by atoms with Gasteiger partial charge in [-0.3, -0.25) is 19.4 Å². The van der Waals surface area contributed by atoms with E-state index < -0.39 is 0 Å². The summed E-state index contributed by atoms with van der Waals surface area (Å²) in [6.45, 7) is 5.37. The molecule has 0 bridgehead atoms. The average molecular weight is 366 g/mol. The molecule has 2 aliphatic rings. The van der Waals surface area contributed by atoms with Crippen LogP contribution in [0.2, 0.25) is 5.02 Å². The van der Waals surface area contributed by atoms with Crippen LogP contribution in [0.15, 0.2) is 18.3 Å². The van der Waals surface area contributed by atoms with Crippen LogP contribution in [0.4, 0.5) is 5.82 Å². The number of carbonyl (C=O) groups excluding carboxylic acids is 2.